The third-order valence-electron chi connectivity index (χ3n) is 2.71. The fraction of sp³-hybridized carbons (Fsp3) is 0.214. The van der Waals surface area contributed by atoms with Gasteiger partial charge in [-0.2, -0.15) is 0 Å². The number of aryl methyl sites for hydroxylation is 1. The first kappa shape index (κ1) is 11.6. The Kier molecular flexibility index (Phi) is 3.73. The first-order valence-corrected chi connectivity index (χ1v) is 5.69. The standard InChI is InChI=1S/C14H17N2O/c1-15-8-2-3-14(15)5-4-13-6-9-16(10-7-13)11-12-17/h2-10,17H,11-12H2,1H3/q+1. The van der Waals surface area contributed by atoms with E-state index in [1.165, 1.54) is 5.69 Å². The highest BCUT2D eigenvalue weighted by Crippen LogP contribution is 2.06. The summed E-state index contributed by atoms with van der Waals surface area (Å²) < 4.78 is 4.03. The lowest BCUT2D eigenvalue weighted by molar-refractivity contribution is -0.698. The van der Waals surface area contributed by atoms with Crippen LogP contribution in [0.3, 0.4) is 0 Å². The van der Waals surface area contributed by atoms with Crippen LogP contribution in [0.1, 0.15) is 11.3 Å². The van der Waals surface area contributed by atoms with E-state index in [9.17, 15) is 0 Å². The summed E-state index contributed by atoms with van der Waals surface area (Å²) in [5, 5.41) is 8.81. The maximum absolute atomic E-state index is 8.81. The number of rotatable bonds is 4. The Bertz CT molecular complexity index is 497. The van der Waals surface area contributed by atoms with Crippen molar-refractivity contribution in [1.29, 1.82) is 0 Å². The Labute approximate surface area is 101 Å². The molecule has 0 unspecified atom stereocenters. The van der Waals surface area contributed by atoms with Gasteiger partial charge in [-0.25, -0.2) is 4.57 Å². The Morgan fingerprint density at radius 3 is 2.59 bits per heavy atom. The highest BCUT2D eigenvalue weighted by molar-refractivity contribution is 5.67. The summed E-state index contributed by atoms with van der Waals surface area (Å²) in [6.45, 7) is 0.811. The van der Waals surface area contributed by atoms with Gasteiger partial charge in [0, 0.05) is 31.1 Å². The van der Waals surface area contributed by atoms with Gasteiger partial charge >= 0.3 is 0 Å². The monoisotopic (exact) mass is 229 g/mol. The average molecular weight is 229 g/mol. The highest BCUT2D eigenvalue weighted by atomic mass is 16.3. The van der Waals surface area contributed by atoms with Gasteiger partial charge in [-0.3, -0.25) is 0 Å². The van der Waals surface area contributed by atoms with Crippen LogP contribution in [0.5, 0.6) is 0 Å². The van der Waals surface area contributed by atoms with Gasteiger partial charge in [-0.15, -0.1) is 0 Å². The molecule has 0 saturated heterocycles. The first-order valence-electron chi connectivity index (χ1n) is 5.69. The predicted molar refractivity (Wildman–Crippen MR) is 68.1 cm³/mol. The van der Waals surface area contributed by atoms with E-state index in [-0.39, 0.29) is 6.61 Å². The third-order valence-corrected chi connectivity index (χ3v) is 2.71. The molecule has 0 radical (unpaired) electrons. The van der Waals surface area contributed by atoms with Crippen molar-refractivity contribution in [1.82, 2.24) is 4.57 Å². The lowest BCUT2D eigenvalue weighted by atomic mass is 10.2. The van der Waals surface area contributed by atoms with Crippen LogP contribution in [0, 0.1) is 0 Å². The summed E-state index contributed by atoms with van der Waals surface area (Å²) in [5.74, 6) is 0. The molecule has 0 aliphatic heterocycles. The molecule has 3 nitrogen and oxygen atoms in total. The van der Waals surface area contributed by atoms with Crippen LogP contribution in [0.15, 0.2) is 42.9 Å². The van der Waals surface area contributed by atoms with Gasteiger partial charge in [0.25, 0.3) is 0 Å². The maximum Gasteiger partial charge on any atom is 0.171 e. The van der Waals surface area contributed by atoms with Crippen LogP contribution in [-0.4, -0.2) is 16.3 Å². The quantitative estimate of drug-likeness (QED) is 0.790. The van der Waals surface area contributed by atoms with Crippen LogP contribution in [0.25, 0.3) is 12.2 Å². The van der Waals surface area contributed by atoms with Crippen molar-refractivity contribution in [2.75, 3.05) is 6.61 Å². The minimum absolute atomic E-state index is 0.170. The molecule has 2 aromatic heterocycles. The zero-order chi connectivity index (χ0) is 12.1. The van der Waals surface area contributed by atoms with E-state index in [0.717, 1.165) is 5.56 Å². The second kappa shape index (κ2) is 5.46. The number of nitrogens with zero attached hydrogens (tertiary/aromatic N) is 2. The SMILES string of the molecule is Cn1cccc1/C=C/c1cc[n+](CCO)cc1. The molecule has 2 heterocycles. The molecule has 0 fully saturated rings. The molecule has 0 atom stereocenters. The Balaban J connectivity index is 2.09. The van der Waals surface area contributed by atoms with Crippen molar-refractivity contribution in [3.8, 4) is 0 Å². The molecule has 88 valence electrons. The van der Waals surface area contributed by atoms with Gasteiger partial charge < -0.3 is 9.67 Å². The van der Waals surface area contributed by atoms with Crippen LogP contribution < -0.4 is 4.57 Å². The van der Waals surface area contributed by atoms with Crippen molar-refractivity contribution < 1.29 is 9.67 Å². The fourth-order valence-electron chi connectivity index (χ4n) is 1.67. The maximum atomic E-state index is 8.81. The molecule has 3 heteroatoms. The van der Waals surface area contributed by atoms with E-state index in [2.05, 4.69) is 22.8 Å². The van der Waals surface area contributed by atoms with Gasteiger partial charge in [-0.05, 0) is 23.8 Å². The molecular formula is C14H17N2O+. The van der Waals surface area contributed by atoms with E-state index < -0.39 is 0 Å². The van der Waals surface area contributed by atoms with Crippen molar-refractivity contribution in [3.05, 3.63) is 54.1 Å². The van der Waals surface area contributed by atoms with Gasteiger partial charge in [0.15, 0.2) is 18.9 Å². The van der Waals surface area contributed by atoms with E-state index in [4.69, 9.17) is 5.11 Å². The van der Waals surface area contributed by atoms with Gasteiger partial charge in [-0.1, -0.05) is 6.08 Å². The molecular weight excluding hydrogens is 212 g/mol. The zero-order valence-corrected chi connectivity index (χ0v) is 9.95. The molecule has 0 spiro atoms. The molecule has 0 aromatic carbocycles. The Morgan fingerprint density at radius 2 is 2.00 bits per heavy atom. The Morgan fingerprint density at radius 1 is 1.24 bits per heavy atom. The summed E-state index contributed by atoms with van der Waals surface area (Å²) in [5.41, 5.74) is 2.33. The van der Waals surface area contributed by atoms with Crippen molar-refractivity contribution >= 4 is 12.2 Å². The van der Waals surface area contributed by atoms with Crippen LogP contribution in [0.2, 0.25) is 0 Å². The van der Waals surface area contributed by atoms with Crippen LogP contribution in [-0.2, 0) is 13.6 Å². The smallest absolute Gasteiger partial charge is 0.171 e. The number of aliphatic hydroxyl groups is 1. The van der Waals surface area contributed by atoms with Crippen molar-refractivity contribution in [2.24, 2.45) is 7.05 Å². The number of pyridine rings is 1. The second-order valence-corrected chi connectivity index (χ2v) is 3.97. The lowest BCUT2D eigenvalue weighted by Crippen LogP contribution is -2.34. The number of hydrogen-bond acceptors (Lipinski definition) is 1. The second-order valence-electron chi connectivity index (χ2n) is 3.97. The van der Waals surface area contributed by atoms with Crippen molar-refractivity contribution in [2.45, 2.75) is 6.54 Å². The van der Waals surface area contributed by atoms with E-state index in [1.807, 2.05) is 48.4 Å². The summed E-state index contributed by atoms with van der Waals surface area (Å²) in [6.07, 6.45) is 10.1. The number of aromatic nitrogens is 2. The van der Waals surface area contributed by atoms with E-state index >= 15 is 0 Å². The fourth-order valence-corrected chi connectivity index (χ4v) is 1.67. The molecule has 2 rings (SSSR count). The minimum Gasteiger partial charge on any atom is -0.390 e. The number of aliphatic hydroxyl groups excluding tert-OH is 1. The van der Waals surface area contributed by atoms with Crippen LogP contribution >= 0.6 is 0 Å². The molecule has 0 amide bonds. The van der Waals surface area contributed by atoms with Gasteiger partial charge in [0.05, 0.1) is 0 Å². The largest absolute Gasteiger partial charge is 0.390 e. The average Bonchev–Trinajstić information content (AvgIpc) is 2.75. The normalized spacial score (nSPS) is 11.2. The van der Waals surface area contributed by atoms with Gasteiger partial charge in [0.1, 0.15) is 6.61 Å². The van der Waals surface area contributed by atoms with Gasteiger partial charge in [0.2, 0.25) is 0 Å². The summed E-state index contributed by atoms with van der Waals surface area (Å²) in [6, 6.07) is 8.18. The first-order chi connectivity index (χ1) is 8.29. The molecule has 17 heavy (non-hydrogen) atoms. The third kappa shape index (κ3) is 3.04. The predicted octanol–water partition coefficient (Wildman–Crippen LogP) is 1.48. The lowest BCUT2D eigenvalue weighted by Gasteiger charge is -1.96. The topological polar surface area (TPSA) is 29.0 Å². The van der Waals surface area contributed by atoms with E-state index in [1.54, 1.807) is 0 Å². The summed E-state index contributed by atoms with van der Waals surface area (Å²) in [7, 11) is 2.03. The molecule has 0 saturated carbocycles. The molecule has 2 aromatic rings. The Hall–Kier alpha value is -1.87. The summed E-state index contributed by atoms with van der Waals surface area (Å²) >= 11 is 0. The molecule has 0 aliphatic rings. The molecule has 0 bridgehead atoms. The minimum atomic E-state index is 0.170. The van der Waals surface area contributed by atoms with Crippen molar-refractivity contribution in [3.63, 3.8) is 0 Å². The number of hydrogen-bond donors (Lipinski definition) is 1. The highest BCUT2D eigenvalue weighted by Gasteiger charge is 1.97. The molecule has 1 N–H and O–H groups in total. The zero-order valence-electron chi connectivity index (χ0n) is 9.95. The molecule has 0 aliphatic carbocycles. The van der Waals surface area contributed by atoms with Crippen LogP contribution in [0.4, 0.5) is 0 Å². The summed E-state index contributed by atoms with van der Waals surface area (Å²) in [4.78, 5) is 0. The van der Waals surface area contributed by atoms with E-state index in [0.29, 0.717) is 6.54 Å².